The Morgan fingerprint density at radius 3 is 2.09 bits per heavy atom. The lowest BCUT2D eigenvalue weighted by Gasteiger charge is -2.36. The SMILES string of the molecule is C=C[C@@H]1C[C@]1(NC(=O)[C@@H]1C[C@@H](n2ncc(-c3ccccc3)c(-c3ccccc3)c2=O)CN1C(=O)[C@@H](NC(=O)OC(C)(C)C)C(C)(C)C)C(=O)NS(=O)(=O)CC(F)(F)F. The van der Waals surface area contributed by atoms with Gasteiger partial charge in [0.05, 0.1) is 17.8 Å². The number of likely N-dealkylation sites (tertiary alicyclic amines) is 1. The average Bonchev–Trinajstić information content (AvgIpc) is 3.65. The van der Waals surface area contributed by atoms with Crippen molar-refractivity contribution in [2.45, 2.75) is 89.8 Å². The maximum atomic E-state index is 14.6. The molecule has 1 aliphatic heterocycles. The first-order chi connectivity index (χ1) is 26.9. The number of aromatic nitrogens is 2. The number of alkyl carbamates (subject to hydrolysis) is 1. The van der Waals surface area contributed by atoms with Gasteiger partial charge in [-0.25, -0.2) is 17.9 Å². The van der Waals surface area contributed by atoms with Gasteiger partial charge in [-0.2, -0.15) is 18.3 Å². The Hall–Kier alpha value is -5.52. The van der Waals surface area contributed by atoms with E-state index in [-0.39, 0.29) is 19.4 Å². The van der Waals surface area contributed by atoms with Crippen LogP contribution in [0, 0.1) is 11.3 Å². The molecule has 1 aromatic heterocycles. The number of nitrogens with zero attached hydrogens (tertiary/aromatic N) is 3. The van der Waals surface area contributed by atoms with Crippen LogP contribution in [0.5, 0.6) is 0 Å². The molecule has 3 aromatic rings. The third kappa shape index (κ3) is 9.94. The topological polar surface area (TPSA) is 186 Å². The lowest BCUT2D eigenvalue weighted by atomic mass is 9.85. The molecule has 5 atom stereocenters. The summed E-state index contributed by atoms with van der Waals surface area (Å²) in [5.41, 5.74) is -2.34. The van der Waals surface area contributed by atoms with E-state index in [2.05, 4.69) is 22.3 Å². The van der Waals surface area contributed by atoms with Gasteiger partial charge in [-0.1, -0.05) is 87.5 Å². The first-order valence-corrected chi connectivity index (χ1v) is 20.1. The van der Waals surface area contributed by atoms with Gasteiger partial charge < -0.3 is 20.3 Å². The molecule has 14 nitrogen and oxygen atoms in total. The maximum Gasteiger partial charge on any atom is 0.408 e. The Morgan fingerprint density at radius 1 is 0.983 bits per heavy atom. The van der Waals surface area contributed by atoms with E-state index in [9.17, 15) is 45.6 Å². The molecule has 4 amide bonds. The number of rotatable bonds is 11. The summed E-state index contributed by atoms with van der Waals surface area (Å²) in [6, 6.07) is 14.2. The molecule has 18 heteroatoms. The zero-order valence-electron chi connectivity index (χ0n) is 32.9. The van der Waals surface area contributed by atoms with Crippen LogP contribution in [0.2, 0.25) is 0 Å². The highest BCUT2D eigenvalue weighted by atomic mass is 32.2. The van der Waals surface area contributed by atoms with Gasteiger partial charge in [0.2, 0.25) is 21.8 Å². The Morgan fingerprint density at radius 2 is 1.57 bits per heavy atom. The second-order valence-electron chi connectivity index (χ2n) is 16.6. The molecule has 1 saturated carbocycles. The monoisotopic (exact) mass is 828 g/mol. The molecule has 0 spiro atoms. The highest BCUT2D eigenvalue weighted by molar-refractivity contribution is 7.90. The Kier molecular flexibility index (Phi) is 12.0. The van der Waals surface area contributed by atoms with Crippen molar-refractivity contribution in [3.8, 4) is 22.3 Å². The third-order valence-corrected chi connectivity index (χ3v) is 11.0. The average molecular weight is 829 g/mol. The number of hydrogen-bond donors (Lipinski definition) is 3. The summed E-state index contributed by atoms with van der Waals surface area (Å²) in [6.07, 6.45) is -3.75. The molecule has 0 bridgehead atoms. The maximum absolute atomic E-state index is 14.6. The van der Waals surface area contributed by atoms with Crippen molar-refractivity contribution < 1.29 is 45.5 Å². The van der Waals surface area contributed by atoms with E-state index >= 15 is 0 Å². The van der Waals surface area contributed by atoms with Gasteiger partial charge in [0.1, 0.15) is 23.2 Å². The van der Waals surface area contributed by atoms with Crippen LogP contribution in [0.15, 0.2) is 84.3 Å². The van der Waals surface area contributed by atoms with Crippen LogP contribution in [0.3, 0.4) is 0 Å². The molecule has 0 unspecified atom stereocenters. The van der Waals surface area contributed by atoms with E-state index in [1.807, 2.05) is 30.3 Å². The lowest BCUT2D eigenvalue weighted by Crippen LogP contribution is -2.60. The largest absolute Gasteiger partial charge is 0.444 e. The van der Waals surface area contributed by atoms with E-state index in [0.29, 0.717) is 22.3 Å². The van der Waals surface area contributed by atoms with Crippen molar-refractivity contribution in [2.75, 3.05) is 12.3 Å². The minimum Gasteiger partial charge on any atom is -0.444 e. The number of hydrogen-bond acceptors (Lipinski definition) is 9. The molecule has 2 heterocycles. The quantitative estimate of drug-likeness (QED) is 0.230. The van der Waals surface area contributed by atoms with Crippen LogP contribution in [0.4, 0.5) is 18.0 Å². The lowest BCUT2D eigenvalue weighted by molar-refractivity contribution is -0.143. The Bertz CT molecular complexity index is 2240. The zero-order chi connectivity index (χ0) is 43.0. The molecular formula is C40H47F3N6O8S. The number of carbonyl (C=O) groups excluding carboxylic acids is 4. The molecule has 1 saturated heterocycles. The summed E-state index contributed by atoms with van der Waals surface area (Å²) >= 11 is 0. The molecule has 0 radical (unpaired) electrons. The molecule has 58 heavy (non-hydrogen) atoms. The van der Waals surface area contributed by atoms with E-state index in [0.717, 1.165) is 4.90 Å². The van der Waals surface area contributed by atoms with E-state index in [4.69, 9.17) is 4.74 Å². The van der Waals surface area contributed by atoms with Crippen molar-refractivity contribution in [3.63, 3.8) is 0 Å². The summed E-state index contributed by atoms with van der Waals surface area (Å²) in [5.74, 6) is -6.34. The molecule has 3 N–H and O–H groups in total. The molecule has 2 aromatic carbocycles. The van der Waals surface area contributed by atoms with Crippen LogP contribution in [0.25, 0.3) is 22.3 Å². The van der Waals surface area contributed by atoms with Crippen LogP contribution in [0.1, 0.15) is 60.4 Å². The van der Waals surface area contributed by atoms with E-state index in [1.54, 1.807) is 71.9 Å². The second kappa shape index (κ2) is 16.0. The van der Waals surface area contributed by atoms with E-state index < -0.39 is 91.9 Å². The van der Waals surface area contributed by atoms with Gasteiger partial charge in [-0.05, 0) is 43.7 Å². The number of halogens is 3. The first kappa shape index (κ1) is 43.6. The van der Waals surface area contributed by atoms with Crippen molar-refractivity contribution in [3.05, 3.63) is 89.9 Å². The van der Waals surface area contributed by atoms with Crippen LogP contribution < -0.4 is 20.9 Å². The van der Waals surface area contributed by atoms with Gasteiger partial charge in [-0.15, -0.1) is 6.58 Å². The molecule has 1 aliphatic carbocycles. The Labute approximate surface area is 334 Å². The highest BCUT2D eigenvalue weighted by Crippen LogP contribution is 2.45. The molecule has 312 valence electrons. The molecule has 2 aliphatic rings. The highest BCUT2D eigenvalue weighted by Gasteiger charge is 2.62. The fourth-order valence-corrected chi connectivity index (χ4v) is 7.96. The van der Waals surface area contributed by atoms with Crippen LogP contribution in [-0.4, -0.2) is 88.6 Å². The third-order valence-electron chi connectivity index (χ3n) is 9.79. The minimum atomic E-state index is -5.22. The van der Waals surface area contributed by atoms with Crippen molar-refractivity contribution in [2.24, 2.45) is 11.3 Å². The fourth-order valence-electron chi connectivity index (χ4n) is 6.99. The van der Waals surface area contributed by atoms with Crippen LogP contribution >= 0.6 is 0 Å². The standard InChI is InChI=1S/C40H47F3N6O8S/c1-8-26-20-39(26,35(53)47-58(55,56)23-40(41,42)43)46-32(50)29-19-27(22-48(29)34(52)31(37(2,3)4)45-36(54)57-38(5,6)7)49-33(51)30(25-17-13-10-14-18-25)28(21-44-49)24-15-11-9-12-16-24/h8-18,21,26-27,29,31H,1,19-20,22-23H2,2-7H3,(H,45,54)(H,46,50)(H,47,53)/t26-,27-,29+,31-,39-/m1/s1. The number of alkyl halides is 3. The van der Waals surface area contributed by atoms with Gasteiger partial charge in [0.15, 0.2) is 5.75 Å². The molecule has 5 rings (SSSR count). The fraction of sp³-hybridized carbons (Fsp3) is 0.450. The predicted octanol–water partition coefficient (Wildman–Crippen LogP) is 4.73. The summed E-state index contributed by atoms with van der Waals surface area (Å²) < 4.78 is 71.7. The predicted molar refractivity (Wildman–Crippen MR) is 208 cm³/mol. The van der Waals surface area contributed by atoms with Gasteiger partial charge in [0, 0.05) is 24.4 Å². The van der Waals surface area contributed by atoms with Crippen LogP contribution in [-0.2, 0) is 29.1 Å². The van der Waals surface area contributed by atoms with Gasteiger partial charge in [-0.3, -0.25) is 23.9 Å². The van der Waals surface area contributed by atoms with Gasteiger partial charge in [0.25, 0.3) is 11.5 Å². The minimum absolute atomic E-state index is 0.201. The molecule has 2 fully saturated rings. The summed E-state index contributed by atoms with van der Waals surface area (Å²) in [7, 11) is -5.22. The first-order valence-electron chi connectivity index (χ1n) is 18.4. The van der Waals surface area contributed by atoms with Crippen molar-refractivity contribution in [1.29, 1.82) is 0 Å². The Balaban J connectivity index is 1.57. The zero-order valence-corrected chi connectivity index (χ0v) is 33.7. The number of sulfonamides is 1. The summed E-state index contributed by atoms with van der Waals surface area (Å²) in [4.78, 5) is 71.1. The van der Waals surface area contributed by atoms with Crippen molar-refractivity contribution in [1.82, 2.24) is 30.0 Å². The second-order valence-corrected chi connectivity index (χ2v) is 18.3. The number of carbonyl (C=O) groups is 4. The number of benzene rings is 2. The smallest absolute Gasteiger partial charge is 0.408 e. The van der Waals surface area contributed by atoms with E-state index in [1.165, 1.54) is 21.7 Å². The summed E-state index contributed by atoms with van der Waals surface area (Å²) in [6.45, 7) is 13.3. The normalized spacial score (nSPS) is 21.4. The number of nitrogens with one attached hydrogen (secondary N) is 3. The summed E-state index contributed by atoms with van der Waals surface area (Å²) in [5, 5.41) is 9.62. The number of ether oxygens (including phenoxy) is 1. The van der Waals surface area contributed by atoms with Crippen molar-refractivity contribution >= 4 is 33.8 Å². The van der Waals surface area contributed by atoms with Gasteiger partial charge >= 0.3 is 12.3 Å². The molecular weight excluding hydrogens is 782 g/mol. The number of amides is 4.